The Kier molecular flexibility index (Phi) is 5.46. The van der Waals surface area contributed by atoms with E-state index in [0.717, 1.165) is 27.7 Å². The number of halogens is 1. The van der Waals surface area contributed by atoms with E-state index in [1.807, 2.05) is 43.6 Å². The third-order valence-electron chi connectivity index (χ3n) is 4.83. The number of nitrogens with zero attached hydrogens (tertiary/aromatic N) is 4. The Morgan fingerprint density at radius 2 is 1.93 bits per heavy atom. The van der Waals surface area contributed by atoms with Crippen molar-refractivity contribution in [2.24, 2.45) is 14.1 Å². The van der Waals surface area contributed by atoms with Crippen molar-refractivity contribution in [3.63, 3.8) is 0 Å². The normalized spacial score (nSPS) is 11.1. The molecule has 0 saturated carbocycles. The molecular formula is C22H21ClN4O3. The van der Waals surface area contributed by atoms with Gasteiger partial charge < -0.3 is 9.47 Å². The highest BCUT2D eigenvalue weighted by molar-refractivity contribution is 6.30. The van der Waals surface area contributed by atoms with E-state index >= 15 is 0 Å². The Balaban J connectivity index is 1.44. The van der Waals surface area contributed by atoms with Gasteiger partial charge in [-0.05, 0) is 35.9 Å². The van der Waals surface area contributed by atoms with E-state index in [2.05, 4.69) is 10.2 Å². The summed E-state index contributed by atoms with van der Waals surface area (Å²) in [6, 6.07) is 13.0. The lowest BCUT2D eigenvalue weighted by Crippen LogP contribution is -2.11. The Morgan fingerprint density at radius 1 is 1.10 bits per heavy atom. The number of carbonyl (C=O) groups is 1. The van der Waals surface area contributed by atoms with Gasteiger partial charge >= 0.3 is 5.97 Å². The first-order chi connectivity index (χ1) is 14.4. The van der Waals surface area contributed by atoms with Gasteiger partial charge in [-0.1, -0.05) is 23.7 Å². The fraction of sp³-hybridized carbons (Fsp3) is 0.227. The van der Waals surface area contributed by atoms with Crippen molar-refractivity contribution in [2.45, 2.75) is 13.0 Å². The maximum Gasteiger partial charge on any atom is 0.312 e. The molecule has 0 radical (unpaired) electrons. The summed E-state index contributed by atoms with van der Waals surface area (Å²) >= 11 is 6.04. The van der Waals surface area contributed by atoms with E-state index in [0.29, 0.717) is 16.5 Å². The van der Waals surface area contributed by atoms with Crippen molar-refractivity contribution in [3.05, 3.63) is 64.9 Å². The van der Waals surface area contributed by atoms with Crippen molar-refractivity contribution in [1.82, 2.24) is 19.6 Å². The number of hydrogen-bond acceptors (Lipinski definition) is 5. The standard InChI is InChI=1S/C22H21ClN4O3/c1-26-12-15-5-4-14(8-19(15)24-26)13-30-22(28)11-17-10-20(25-27(17)2)18-7-6-16(23)9-21(18)29-3/h4-10,12H,11,13H2,1-3H3. The Hall–Kier alpha value is -3.32. The van der Waals surface area contributed by atoms with Crippen LogP contribution in [0.3, 0.4) is 0 Å². The quantitative estimate of drug-likeness (QED) is 0.439. The third-order valence-corrected chi connectivity index (χ3v) is 5.06. The molecule has 0 aliphatic heterocycles. The fourth-order valence-electron chi connectivity index (χ4n) is 3.32. The zero-order valence-corrected chi connectivity index (χ0v) is 17.7. The molecule has 2 aromatic carbocycles. The number of rotatable bonds is 6. The van der Waals surface area contributed by atoms with Gasteiger partial charge in [-0.15, -0.1) is 0 Å². The molecule has 4 rings (SSSR count). The fourth-order valence-corrected chi connectivity index (χ4v) is 3.48. The van der Waals surface area contributed by atoms with Crippen LogP contribution >= 0.6 is 11.6 Å². The number of methoxy groups -OCH3 is 1. The van der Waals surface area contributed by atoms with Crippen LogP contribution in [0.25, 0.3) is 22.2 Å². The van der Waals surface area contributed by atoms with Crippen molar-refractivity contribution < 1.29 is 14.3 Å². The first kappa shape index (κ1) is 20.0. The molecule has 0 saturated heterocycles. The zero-order valence-electron chi connectivity index (χ0n) is 16.9. The van der Waals surface area contributed by atoms with Crippen LogP contribution in [0.1, 0.15) is 11.3 Å². The number of fused-ring (bicyclic) bond motifs is 1. The van der Waals surface area contributed by atoms with Crippen molar-refractivity contribution in [2.75, 3.05) is 7.11 Å². The molecule has 0 amide bonds. The molecule has 2 aromatic heterocycles. The van der Waals surface area contributed by atoms with Gasteiger partial charge in [0.25, 0.3) is 0 Å². The van der Waals surface area contributed by atoms with Crippen molar-refractivity contribution >= 4 is 28.5 Å². The summed E-state index contributed by atoms with van der Waals surface area (Å²) in [7, 11) is 5.25. The molecule has 7 nitrogen and oxygen atoms in total. The first-order valence-electron chi connectivity index (χ1n) is 9.37. The molecule has 30 heavy (non-hydrogen) atoms. The number of benzene rings is 2. The molecule has 0 bridgehead atoms. The van der Waals surface area contributed by atoms with Gasteiger partial charge in [0.1, 0.15) is 12.4 Å². The highest BCUT2D eigenvalue weighted by atomic mass is 35.5. The minimum Gasteiger partial charge on any atom is -0.496 e. The Morgan fingerprint density at radius 3 is 2.73 bits per heavy atom. The molecule has 154 valence electrons. The molecule has 4 aromatic rings. The van der Waals surface area contributed by atoms with E-state index in [9.17, 15) is 4.79 Å². The molecule has 0 N–H and O–H groups in total. The molecule has 0 fully saturated rings. The number of hydrogen-bond donors (Lipinski definition) is 0. The molecule has 0 atom stereocenters. The van der Waals surface area contributed by atoms with Crippen molar-refractivity contribution in [1.29, 1.82) is 0 Å². The molecule has 2 heterocycles. The van der Waals surface area contributed by atoms with Crippen LogP contribution < -0.4 is 4.74 Å². The summed E-state index contributed by atoms with van der Waals surface area (Å²) in [6.45, 7) is 0.195. The predicted octanol–water partition coefficient (Wildman–Crippen LogP) is 3.92. The van der Waals surface area contributed by atoms with E-state index in [1.165, 1.54) is 0 Å². The first-order valence-corrected chi connectivity index (χ1v) is 9.75. The van der Waals surface area contributed by atoms with Gasteiger partial charge in [0, 0.05) is 42.0 Å². The summed E-state index contributed by atoms with van der Waals surface area (Å²) in [5.74, 6) is 0.299. The van der Waals surface area contributed by atoms with E-state index in [4.69, 9.17) is 21.1 Å². The Bertz CT molecular complexity index is 1230. The summed E-state index contributed by atoms with van der Waals surface area (Å²) in [5.41, 5.74) is 4.02. The topological polar surface area (TPSA) is 71.2 Å². The lowest BCUT2D eigenvalue weighted by atomic mass is 10.1. The second-order valence-corrected chi connectivity index (χ2v) is 7.46. The molecular weight excluding hydrogens is 404 g/mol. The minimum atomic E-state index is -0.325. The van der Waals surface area contributed by atoms with Crippen LogP contribution in [0.15, 0.2) is 48.7 Å². The largest absolute Gasteiger partial charge is 0.496 e. The second kappa shape index (κ2) is 8.20. The number of carbonyl (C=O) groups excluding carboxylic acids is 1. The summed E-state index contributed by atoms with van der Waals surface area (Å²) < 4.78 is 14.3. The second-order valence-electron chi connectivity index (χ2n) is 7.02. The maximum absolute atomic E-state index is 12.4. The van der Waals surface area contributed by atoms with Gasteiger partial charge in [0.05, 0.1) is 24.7 Å². The van der Waals surface area contributed by atoms with E-state index in [-0.39, 0.29) is 19.0 Å². The molecule has 0 spiro atoms. The number of esters is 1. The maximum atomic E-state index is 12.4. The summed E-state index contributed by atoms with van der Waals surface area (Å²) in [6.07, 6.45) is 2.06. The highest BCUT2D eigenvalue weighted by Crippen LogP contribution is 2.32. The van der Waals surface area contributed by atoms with Crippen LogP contribution in [0.2, 0.25) is 5.02 Å². The van der Waals surface area contributed by atoms with Crippen LogP contribution in [-0.4, -0.2) is 32.6 Å². The predicted molar refractivity (Wildman–Crippen MR) is 114 cm³/mol. The Labute approximate surface area is 178 Å². The van der Waals surface area contributed by atoms with Gasteiger partial charge in [0.15, 0.2) is 0 Å². The number of aromatic nitrogens is 4. The minimum absolute atomic E-state index is 0.116. The number of aryl methyl sites for hydroxylation is 2. The summed E-state index contributed by atoms with van der Waals surface area (Å²) in [4.78, 5) is 12.4. The molecule has 8 heteroatoms. The van der Waals surface area contributed by atoms with Crippen molar-refractivity contribution in [3.8, 4) is 17.0 Å². The monoisotopic (exact) mass is 424 g/mol. The SMILES string of the molecule is COc1cc(Cl)ccc1-c1cc(CC(=O)OCc2ccc3cn(C)nc3c2)n(C)n1. The smallest absolute Gasteiger partial charge is 0.312 e. The third kappa shape index (κ3) is 4.16. The number of ether oxygens (including phenoxy) is 2. The lowest BCUT2D eigenvalue weighted by molar-refractivity contribution is -0.144. The van der Waals surface area contributed by atoms with Gasteiger partial charge in [0.2, 0.25) is 0 Å². The van der Waals surface area contributed by atoms with Gasteiger partial charge in [-0.25, -0.2) is 0 Å². The highest BCUT2D eigenvalue weighted by Gasteiger charge is 2.15. The van der Waals surface area contributed by atoms with Gasteiger partial charge in [-0.3, -0.25) is 14.2 Å². The van der Waals surface area contributed by atoms with E-state index < -0.39 is 0 Å². The van der Waals surface area contributed by atoms with Crippen LogP contribution in [0.5, 0.6) is 5.75 Å². The molecule has 0 aliphatic carbocycles. The van der Waals surface area contributed by atoms with Crippen LogP contribution in [0, 0.1) is 0 Å². The van der Waals surface area contributed by atoms with Crippen LogP contribution in [-0.2, 0) is 36.7 Å². The molecule has 0 aliphatic rings. The lowest BCUT2D eigenvalue weighted by Gasteiger charge is -2.06. The average molecular weight is 425 g/mol. The molecule has 0 unspecified atom stereocenters. The van der Waals surface area contributed by atoms with Gasteiger partial charge in [-0.2, -0.15) is 10.2 Å². The van der Waals surface area contributed by atoms with Crippen LogP contribution in [0.4, 0.5) is 0 Å². The zero-order chi connectivity index (χ0) is 21.3. The van der Waals surface area contributed by atoms with E-state index in [1.54, 1.807) is 35.7 Å². The average Bonchev–Trinajstić information content (AvgIpc) is 3.27. The summed E-state index contributed by atoms with van der Waals surface area (Å²) in [5, 5.41) is 10.5.